The summed E-state index contributed by atoms with van der Waals surface area (Å²) in [5.41, 5.74) is 5.24. The van der Waals surface area contributed by atoms with E-state index in [2.05, 4.69) is 54.7 Å². The smallest absolute Gasteiger partial charge is 0.122 e. The Balaban J connectivity index is 1.94. The van der Waals surface area contributed by atoms with Gasteiger partial charge in [-0.2, -0.15) is 0 Å². The quantitative estimate of drug-likeness (QED) is 0.917. The molecular formula is C18H21NO. The molecule has 0 fully saturated rings. The van der Waals surface area contributed by atoms with Crippen molar-refractivity contribution < 1.29 is 4.74 Å². The zero-order chi connectivity index (χ0) is 13.9. The van der Waals surface area contributed by atoms with Gasteiger partial charge in [-0.25, -0.2) is 0 Å². The van der Waals surface area contributed by atoms with Crippen molar-refractivity contribution in [3.05, 3.63) is 64.7 Å². The van der Waals surface area contributed by atoms with Crippen LogP contribution in [-0.2, 0) is 6.42 Å². The molecule has 0 spiro atoms. The lowest BCUT2D eigenvalue weighted by atomic mass is 9.94. The molecular weight excluding hydrogens is 246 g/mol. The molecule has 0 amide bonds. The second-order valence-corrected chi connectivity index (χ2v) is 5.45. The minimum Gasteiger partial charge on any atom is -0.493 e. The van der Waals surface area contributed by atoms with Crippen LogP contribution in [0.25, 0.3) is 0 Å². The summed E-state index contributed by atoms with van der Waals surface area (Å²) in [6, 6.07) is 15.5. The first kappa shape index (κ1) is 13.2. The molecule has 0 radical (unpaired) electrons. The molecule has 2 aromatic rings. The first-order chi connectivity index (χ1) is 9.78. The van der Waals surface area contributed by atoms with E-state index < -0.39 is 0 Å². The van der Waals surface area contributed by atoms with Crippen LogP contribution in [0.15, 0.2) is 42.5 Å². The Morgan fingerprint density at radius 2 is 1.80 bits per heavy atom. The second kappa shape index (κ2) is 5.68. The maximum atomic E-state index is 5.69. The number of ether oxygens (including phenoxy) is 1. The third-order valence-electron chi connectivity index (χ3n) is 3.97. The first-order valence-corrected chi connectivity index (χ1v) is 7.27. The Morgan fingerprint density at radius 1 is 1.05 bits per heavy atom. The molecule has 2 aromatic carbocycles. The van der Waals surface area contributed by atoms with Crippen molar-refractivity contribution in [1.82, 2.24) is 5.32 Å². The average molecular weight is 267 g/mol. The van der Waals surface area contributed by atoms with Gasteiger partial charge in [-0.05, 0) is 49.6 Å². The topological polar surface area (TPSA) is 21.3 Å². The number of nitrogens with one attached hydrogen (secondary N) is 1. The molecule has 0 saturated heterocycles. The van der Waals surface area contributed by atoms with Crippen LogP contribution in [0.1, 0.15) is 34.7 Å². The van der Waals surface area contributed by atoms with Gasteiger partial charge in [-0.3, -0.25) is 0 Å². The van der Waals surface area contributed by atoms with Gasteiger partial charge in [0.25, 0.3) is 0 Å². The van der Waals surface area contributed by atoms with Crippen LogP contribution < -0.4 is 10.1 Å². The third kappa shape index (κ3) is 2.56. The van der Waals surface area contributed by atoms with Gasteiger partial charge in [-0.1, -0.05) is 42.0 Å². The molecule has 0 aromatic heterocycles. The fourth-order valence-electron chi connectivity index (χ4n) is 2.84. The van der Waals surface area contributed by atoms with Gasteiger partial charge in [0, 0.05) is 0 Å². The molecule has 104 valence electrons. The molecule has 1 aliphatic rings. The van der Waals surface area contributed by atoms with Gasteiger partial charge in [0.15, 0.2) is 0 Å². The Bertz CT molecular complexity index is 589. The Labute approximate surface area is 120 Å². The molecule has 1 unspecified atom stereocenters. The van der Waals surface area contributed by atoms with Gasteiger partial charge in [0.05, 0.1) is 12.6 Å². The fraction of sp³-hybridized carbons (Fsp3) is 0.333. The van der Waals surface area contributed by atoms with E-state index in [1.165, 1.54) is 22.3 Å². The molecule has 1 heterocycles. The predicted octanol–water partition coefficient (Wildman–Crippen LogP) is 3.63. The zero-order valence-electron chi connectivity index (χ0n) is 12.1. The lowest BCUT2D eigenvalue weighted by molar-refractivity contribution is 0.288. The van der Waals surface area contributed by atoms with E-state index in [0.29, 0.717) is 0 Å². The number of hydrogen-bond acceptors (Lipinski definition) is 2. The number of benzene rings is 2. The van der Waals surface area contributed by atoms with Crippen molar-refractivity contribution >= 4 is 0 Å². The summed E-state index contributed by atoms with van der Waals surface area (Å²) in [7, 11) is 2.01. The third-order valence-corrected chi connectivity index (χ3v) is 3.97. The maximum absolute atomic E-state index is 5.69. The summed E-state index contributed by atoms with van der Waals surface area (Å²) in [6.07, 6.45) is 2.23. The number of rotatable bonds is 3. The lowest BCUT2D eigenvalue weighted by Crippen LogP contribution is -2.18. The molecule has 1 aliphatic heterocycles. The monoisotopic (exact) mass is 267 g/mol. The zero-order valence-corrected chi connectivity index (χ0v) is 12.1. The first-order valence-electron chi connectivity index (χ1n) is 7.27. The summed E-state index contributed by atoms with van der Waals surface area (Å²) < 4.78 is 5.69. The van der Waals surface area contributed by atoms with Crippen LogP contribution in [0.3, 0.4) is 0 Å². The number of hydrogen-bond donors (Lipinski definition) is 1. The molecule has 20 heavy (non-hydrogen) atoms. The highest BCUT2D eigenvalue weighted by molar-refractivity contribution is 5.42. The fourth-order valence-corrected chi connectivity index (χ4v) is 2.84. The molecule has 2 nitrogen and oxygen atoms in total. The predicted molar refractivity (Wildman–Crippen MR) is 82.3 cm³/mol. The average Bonchev–Trinajstić information content (AvgIpc) is 2.50. The van der Waals surface area contributed by atoms with Crippen LogP contribution >= 0.6 is 0 Å². The molecule has 3 rings (SSSR count). The largest absolute Gasteiger partial charge is 0.493 e. The van der Waals surface area contributed by atoms with E-state index in [1.807, 2.05) is 7.05 Å². The number of fused-ring (bicyclic) bond motifs is 1. The molecule has 2 heteroatoms. The molecule has 0 bridgehead atoms. The summed E-state index contributed by atoms with van der Waals surface area (Å²) in [5, 5.41) is 3.42. The van der Waals surface area contributed by atoms with Crippen LogP contribution in [0.4, 0.5) is 0 Å². The van der Waals surface area contributed by atoms with Gasteiger partial charge < -0.3 is 10.1 Å². The summed E-state index contributed by atoms with van der Waals surface area (Å²) in [6.45, 7) is 2.97. The van der Waals surface area contributed by atoms with E-state index in [0.717, 1.165) is 25.2 Å². The van der Waals surface area contributed by atoms with Crippen LogP contribution in [0, 0.1) is 6.92 Å². The van der Waals surface area contributed by atoms with Crippen molar-refractivity contribution in [1.29, 1.82) is 0 Å². The molecule has 1 N–H and O–H groups in total. The lowest BCUT2D eigenvalue weighted by Gasteiger charge is -2.22. The summed E-state index contributed by atoms with van der Waals surface area (Å²) in [5.74, 6) is 1.05. The van der Waals surface area contributed by atoms with Crippen molar-refractivity contribution in [2.75, 3.05) is 13.7 Å². The van der Waals surface area contributed by atoms with E-state index in [9.17, 15) is 0 Å². The second-order valence-electron chi connectivity index (χ2n) is 5.45. The molecule has 1 atom stereocenters. The highest BCUT2D eigenvalue weighted by Gasteiger charge is 2.16. The van der Waals surface area contributed by atoms with Crippen LogP contribution in [-0.4, -0.2) is 13.7 Å². The number of aryl methyl sites for hydroxylation is 2. The Morgan fingerprint density at radius 3 is 2.55 bits per heavy atom. The minimum absolute atomic E-state index is 0.239. The highest BCUT2D eigenvalue weighted by Crippen LogP contribution is 2.30. The Hall–Kier alpha value is -1.80. The summed E-state index contributed by atoms with van der Waals surface area (Å²) in [4.78, 5) is 0. The van der Waals surface area contributed by atoms with Gasteiger partial charge >= 0.3 is 0 Å². The van der Waals surface area contributed by atoms with Crippen molar-refractivity contribution in [3.8, 4) is 5.75 Å². The highest BCUT2D eigenvalue weighted by atomic mass is 16.5. The SMILES string of the molecule is CNC(c1ccc(C)cc1)c1ccc2c(c1)CCCO2. The van der Waals surface area contributed by atoms with Crippen molar-refractivity contribution in [3.63, 3.8) is 0 Å². The minimum atomic E-state index is 0.239. The van der Waals surface area contributed by atoms with Gasteiger partial charge in [0.1, 0.15) is 5.75 Å². The van der Waals surface area contributed by atoms with Crippen LogP contribution in [0.2, 0.25) is 0 Å². The summed E-state index contributed by atoms with van der Waals surface area (Å²) >= 11 is 0. The van der Waals surface area contributed by atoms with Gasteiger partial charge in [-0.15, -0.1) is 0 Å². The van der Waals surface area contributed by atoms with E-state index in [-0.39, 0.29) is 6.04 Å². The van der Waals surface area contributed by atoms with Crippen molar-refractivity contribution in [2.45, 2.75) is 25.8 Å². The maximum Gasteiger partial charge on any atom is 0.122 e. The van der Waals surface area contributed by atoms with E-state index in [1.54, 1.807) is 0 Å². The normalized spacial score (nSPS) is 15.3. The molecule has 0 aliphatic carbocycles. The molecule has 0 saturated carbocycles. The van der Waals surface area contributed by atoms with E-state index >= 15 is 0 Å². The standard InChI is InChI=1S/C18H21NO/c1-13-5-7-14(8-6-13)18(19-2)16-9-10-17-15(12-16)4-3-11-20-17/h5-10,12,18-19H,3-4,11H2,1-2H3. The Kier molecular flexibility index (Phi) is 3.75. The van der Waals surface area contributed by atoms with Crippen molar-refractivity contribution in [2.24, 2.45) is 0 Å². The van der Waals surface area contributed by atoms with Crippen LogP contribution in [0.5, 0.6) is 5.75 Å². The van der Waals surface area contributed by atoms with Gasteiger partial charge in [0.2, 0.25) is 0 Å². The van der Waals surface area contributed by atoms with E-state index in [4.69, 9.17) is 4.74 Å².